The van der Waals surface area contributed by atoms with Crippen LogP contribution in [0.25, 0.3) is 0 Å². The Morgan fingerprint density at radius 1 is 1.00 bits per heavy atom. The molecule has 0 atom stereocenters. The van der Waals surface area contributed by atoms with E-state index in [-0.39, 0.29) is 12.4 Å². The van der Waals surface area contributed by atoms with Gasteiger partial charge >= 0.3 is 7.82 Å². The molecule has 0 aliphatic heterocycles. The summed E-state index contributed by atoms with van der Waals surface area (Å²) in [6.07, 6.45) is 8.65. The van der Waals surface area contributed by atoms with Crippen molar-refractivity contribution in [3.05, 3.63) is 12.2 Å². The number of Topliss-reactive ketones (excluding diaryl/α,β-unsaturated/α-hetero) is 1. The summed E-state index contributed by atoms with van der Waals surface area (Å²) in [5.41, 5.74) is 0.641. The van der Waals surface area contributed by atoms with Crippen molar-refractivity contribution in [3.63, 3.8) is 0 Å². The highest BCUT2D eigenvalue weighted by Crippen LogP contribution is 2.35. The van der Waals surface area contributed by atoms with E-state index in [4.69, 9.17) is 9.79 Å². The summed E-state index contributed by atoms with van der Waals surface area (Å²) in [6, 6.07) is 0. The Balaban J connectivity index is 3.20. The van der Waals surface area contributed by atoms with Gasteiger partial charge < -0.3 is 9.79 Å². The minimum absolute atomic E-state index is 0.118. The monoisotopic (exact) mass is 306 g/mol. The van der Waals surface area contributed by atoms with Crippen molar-refractivity contribution in [2.75, 3.05) is 6.61 Å². The molecule has 0 heterocycles. The first-order valence-corrected chi connectivity index (χ1v) is 8.75. The van der Waals surface area contributed by atoms with Crippen LogP contribution in [0.4, 0.5) is 0 Å². The molecule has 0 aromatic rings. The summed E-state index contributed by atoms with van der Waals surface area (Å²) < 4.78 is 14.8. The number of phosphoric acid groups is 1. The van der Waals surface area contributed by atoms with Gasteiger partial charge in [-0.2, -0.15) is 0 Å². The van der Waals surface area contributed by atoms with Gasteiger partial charge in [-0.25, -0.2) is 4.57 Å². The Bertz CT molecular complexity index is 334. The molecule has 0 aliphatic carbocycles. The van der Waals surface area contributed by atoms with E-state index < -0.39 is 7.82 Å². The minimum atomic E-state index is -4.29. The lowest BCUT2D eigenvalue weighted by atomic mass is 10.0. The zero-order chi connectivity index (χ0) is 15.4. The fourth-order valence-corrected chi connectivity index (χ4v) is 2.21. The summed E-state index contributed by atoms with van der Waals surface area (Å²) in [5.74, 6) is 0.162. The van der Waals surface area contributed by atoms with Crippen LogP contribution in [0.2, 0.25) is 0 Å². The lowest BCUT2D eigenvalue weighted by Gasteiger charge is -2.05. The Morgan fingerprint density at radius 3 is 1.90 bits per heavy atom. The summed E-state index contributed by atoms with van der Waals surface area (Å²) >= 11 is 0. The maximum absolute atomic E-state index is 11.3. The Kier molecular flexibility index (Phi) is 10.9. The van der Waals surface area contributed by atoms with E-state index in [9.17, 15) is 9.36 Å². The number of ketones is 1. The van der Waals surface area contributed by atoms with Crippen molar-refractivity contribution in [1.82, 2.24) is 0 Å². The molecule has 0 bridgehead atoms. The van der Waals surface area contributed by atoms with Crippen LogP contribution in [0.1, 0.15) is 64.7 Å². The van der Waals surface area contributed by atoms with Crippen molar-refractivity contribution in [1.29, 1.82) is 0 Å². The van der Waals surface area contributed by atoms with Crippen LogP contribution >= 0.6 is 7.82 Å². The molecule has 0 saturated carbocycles. The van der Waals surface area contributed by atoms with Gasteiger partial charge in [0, 0.05) is 6.42 Å². The van der Waals surface area contributed by atoms with Crippen LogP contribution in [-0.4, -0.2) is 22.2 Å². The van der Waals surface area contributed by atoms with Crippen molar-refractivity contribution in [2.24, 2.45) is 0 Å². The number of allylic oxidation sites excluding steroid dienone is 1. The van der Waals surface area contributed by atoms with E-state index >= 15 is 0 Å². The number of carbonyl (C=O) groups excluding carboxylic acids is 1. The van der Waals surface area contributed by atoms with Gasteiger partial charge in [0.05, 0.1) is 6.61 Å². The first kappa shape index (κ1) is 19.5. The number of rotatable bonds is 13. The lowest BCUT2D eigenvalue weighted by Crippen LogP contribution is -1.97. The number of hydrogen-bond acceptors (Lipinski definition) is 3. The van der Waals surface area contributed by atoms with Gasteiger partial charge in [-0.15, -0.1) is 0 Å². The Labute approximate surface area is 121 Å². The zero-order valence-corrected chi connectivity index (χ0v) is 13.2. The second kappa shape index (κ2) is 11.2. The molecule has 20 heavy (non-hydrogen) atoms. The van der Waals surface area contributed by atoms with Gasteiger partial charge in [-0.3, -0.25) is 9.32 Å². The first-order chi connectivity index (χ1) is 9.33. The predicted octanol–water partition coefficient (Wildman–Crippen LogP) is 3.75. The van der Waals surface area contributed by atoms with Crippen LogP contribution in [0.15, 0.2) is 12.2 Å². The summed E-state index contributed by atoms with van der Waals surface area (Å²) in [4.78, 5) is 28.2. The summed E-state index contributed by atoms with van der Waals surface area (Å²) in [5, 5.41) is 0. The molecular weight excluding hydrogens is 279 g/mol. The highest BCUT2D eigenvalue weighted by atomic mass is 31.2. The molecule has 0 spiro atoms. The number of unbranched alkanes of at least 4 members (excludes halogenated alkanes) is 7. The molecule has 0 unspecified atom stereocenters. The topological polar surface area (TPSA) is 83.8 Å². The standard InChI is InChI=1S/C14H27O5P/c1-13(2)14(15)11-9-7-5-3-4-6-8-10-12-19-20(16,17)18/h1,3-12H2,2H3,(H2,16,17,18). The van der Waals surface area contributed by atoms with Crippen LogP contribution in [0.3, 0.4) is 0 Å². The van der Waals surface area contributed by atoms with Crippen LogP contribution in [0, 0.1) is 0 Å². The molecule has 5 nitrogen and oxygen atoms in total. The molecule has 6 heteroatoms. The van der Waals surface area contributed by atoms with Crippen molar-refractivity contribution in [3.8, 4) is 0 Å². The van der Waals surface area contributed by atoms with Crippen molar-refractivity contribution in [2.45, 2.75) is 64.7 Å². The number of phosphoric ester groups is 1. The van der Waals surface area contributed by atoms with Gasteiger partial charge in [0.25, 0.3) is 0 Å². The predicted molar refractivity (Wildman–Crippen MR) is 79.4 cm³/mol. The van der Waals surface area contributed by atoms with E-state index in [0.717, 1.165) is 44.9 Å². The molecule has 0 amide bonds. The van der Waals surface area contributed by atoms with Gasteiger partial charge in [0.15, 0.2) is 5.78 Å². The normalized spacial score (nSPS) is 11.6. The summed E-state index contributed by atoms with van der Waals surface area (Å²) in [6.45, 7) is 5.49. The number of carbonyl (C=O) groups is 1. The van der Waals surface area contributed by atoms with Crippen LogP contribution in [-0.2, 0) is 13.9 Å². The van der Waals surface area contributed by atoms with Crippen LogP contribution < -0.4 is 0 Å². The average Bonchev–Trinajstić information content (AvgIpc) is 2.34. The second-order valence-electron chi connectivity index (χ2n) is 5.11. The SMILES string of the molecule is C=C(C)C(=O)CCCCCCCCCCOP(=O)(O)O. The second-order valence-corrected chi connectivity index (χ2v) is 6.35. The zero-order valence-electron chi connectivity index (χ0n) is 12.3. The highest BCUT2D eigenvalue weighted by molar-refractivity contribution is 7.46. The number of hydrogen-bond donors (Lipinski definition) is 2. The minimum Gasteiger partial charge on any atom is -0.303 e. The molecular formula is C14H27O5P. The van der Waals surface area contributed by atoms with Gasteiger partial charge in [0.1, 0.15) is 0 Å². The van der Waals surface area contributed by atoms with E-state index in [0.29, 0.717) is 18.4 Å². The Hall–Kier alpha value is -0.480. The fraction of sp³-hybridized carbons (Fsp3) is 0.786. The fourth-order valence-electron chi connectivity index (χ4n) is 1.85. The third-order valence-electron chi connectivity index (χ3n) is 3.03. The molecule has 0 radical (unpaired) electrons. The molecule has 2 N–H and O–H groups in total. The van der Waals surface area contributed by atoms with E-state index in [1.165, 1.54) is 0 Å². The van der Waals surface area contributed by atoms with Gasteiger partial charge in [0.2, 0.25) is 0 Å². The Morgan fingerprint density at radius 2 is 1.45 bits per heavy atom. The smallest absolute Gasteiger partial charge is 0.303 e. The van der Waals surface area contributed by atoms with Crippen LogP contribution in [0.5, 0.6) is 0 Å². The van der Waals surface area contributed by atoms with E-state index in [1.54, 1.807) is 6.92 Å². The third-order valence-corrected chi connectivity index (χ3v) is 3.55. The van der Waals surface area contributed by atoms with Crippen molar-refractivity contribution < 1.29 is 23.7 Å². The molecule has 118 valence electrons. The molecule has 0 aromatic carbocycles. The maximum Gasteiger partial charge on any atom is 0.469 e. The molecule has 0 rings (SSSR count). The molecule has 0 saturated heterocycles. The highest BCUT2D eigenvalue weighted by Gasteiger charge is 2.12. The molecule has 0 aliphatic rings. The van der Waals surface area contributed by atoms with E-state index in [2.05, 4.69) is 11.1 Å². The third kappa shape index (κ3) is 13.9. The maximum atomic E-state index is 11.3. The molecule has 0 fully saturated rings. The lowest BCUT2D eigenvalue weighted by molar-refractivity contribution is -0.115. The summed E-state index contributed by atoms with van der Waals surface area (Å²) in [7, 11) is -4.29. The quantitative estimate of drug-likeness (QED) is 0.307. The largest absolute Gasteiger partial charge is 0.469 e. The molecule has 0 aromatic heterocycles. The van der Waals surface area contributed by atoms with Crippen molar-refractivity contribution >= 4 is 13.6 Å². The first-order valence-electron chi connectivity index (χ1n) is 7.22. The van der Waals surface area contributed by atoms with Gasteiger partial charge in [-0.05, 0) is 25.3 Å². The average molecular weight is 306 g/mol. The van der Waals surface area contributed by atoms with E-state index in [1.807, 2.05) is 0 Å². The van der Waals surface area contributed by atoms with Gasteiger partial charge in [-0.1, -0.05) is 45.1 Å².